The lowest BCUT2D eigenvalue weighted by atomic mass is 10.0. The summed E-state index contributed by atoms with van der Waals surface area (Å²) in [6, 6.07) is 8.15. The van der Waals surface area contributed by atoms with Gasteiger partial charge in [-0.15, -0.1) is 0 Å². The quantitative estimate of drug-likeness (QED) is 0.931. The lowest BCUT2D eigenvalue weighted by molar-refractivity contribution is 0.208. The summed E-state index contributed by atoms with van der Waals surface area (Å²) in [5, 5.41) is 10.5. The van der Waals surface area contributed by atoms with E-state index in [0.717, 1.165) is 12.1 Å². The van der Waals surface area contributed by atoms with Crippen LogP contribution in [-0.2, 0) is 0 Å². The molecule has 0 aliphatic rings. The molecule has 19 heavy (non-hydrogen) atoms. The third-order valence-corrected chi connectivity index (χ3v) is 3.00. The van der Waals surface area contributed by atoms with Crippen LogP contribution in [0.25, 0.3) is 0 Å². The van der Waals surface area contributed by atoms with Gasteiger partial charge in [-0.2, -0.15) is 0 Å². The van der Waals surface area contributed by atoms with Crippen LogP contribution in [0.4, 0.5) is 8.78 Å². The molecular formula is C14H11ClF2O2. The zero-order valence-electron chi connectivity index (χ0n) is 10.0. The Morgan fingerprint density at radius 1 is 1.11 bits per heavy atom. The van der Waals surface area contributed by atoms with E-state index in [1.54, 1.807) is 12.1 Å². The Labute approximate surface area is 114 Å². The molecule has 0 aliphatic heterocycles. The number of rotatable bonds is 3. The van der Waals surface area contributed by atoms with Crippen LogP contribution in [0.1, 0.15) is 17.2 Å². The number of halogens is 3. The van der Waals surface area contributed by atoms with Crippen molar-refractivity contribution in [1.82, 2.24) is 0 Å². The lowest BCUT2D eigenvalue weighted by Gasteiger charge is -2.14. The van der Waals surface area contributed by atoms with Crippen LogP contribution in [0.3, 0.4) is 0 Å². The summed E-state index contributed by atoms with van der Waals surface area (Å²) in [5.41, 5.74) is -0.0597. The van der Waals surface area contributed by atoms with Crippen molar-refractivity contribution in [3.05, 3.63) is 64.2 Å². The molecule has 100 valence electrons. The molecule has 0 radical (unpaired) electrons. The minimum atomic E-state index is -1.40. The van der Waals surface area contributed by atoms with Crippen molar-refractivity contribution in [1.29, 1.82) is 0 Å². The van der Waals surface area contributed by atoms with Crippen LogP contribution in [0, 0.1) is 11.6 Å². The molecule has 0 saturated heterocycles. The highest BCUT2D eigenvalue weighted by atomic mass is 35.5. The van der Waals surface area contributed by atoms with E-state index in [9.17, 15) is 13.9 Å². The Morgan fingerprint density at radius 3 is 2.11 bits per heavy atom. The van der Waals surface area contributed by atoms with Crippen molar-refractivity contribution >= 4 is 11.6 Å². The summed E-state index contributed by atoms with van der Waals surface area (Å²) < 4.78 is 32.4. The molecular weight excluding hydrogens is 274 g/mol. The molecule has 2 nitrogen and oxygen atoms in total. The highest BCUT2D eigenvalue weighted by Crippen LogP contribution is 2.30. The van der Waals surface area contributed by atoms with E-state index in [2.05, 4.69) is 0 Å². The predicted molar refractivity (Wildman–Crippen MR) is 68.4 cm³/mol. The summed E-state index contributed by atoms with van der Waals surface area (Å²) >= 11 is 5.72. The van der Waals surface area contributed by atoms with E-state index in [1.165, 1.54) is 19.2 Å². The first-order valence-corrected chi connectivity index (χ1v) is 5.87. The second-order valence-electron chi connectivity index (χ2n) is 3.96. The number of hydrogen-bond donors (Lipinski definition) is 1. The molecule has 5 heteroatoms. The van der Waals surface area contributed by atoms with Gasteiger partial charge in [0.1, 0.15) is 23.5 Å². The van der Waals surface area contributed by atoms with E-state index in [1.807, 2.05) is 0 Å². The largest absolute Gasteiger partial charge is 0.497 e. The number of ether oxygens (including phenoxy) is 1. The number of methoxy groups -OCH3 is 1. The minimum Gasteiger partial charge on any atom is -0.497 e. The smallest absolute Gasteiger partial charge is 0.135 e. The van der Waals surface area contributed by atoms with Gasteiger partial charge in [-0.3, -0.25) is 0 Å². The maximum atomic E-state index is 13.8. The Balaban J connectivity index is 2.44. The Bertz CT molecular complexity index is 561. The third kappa shape index (κ3) is 2.85. The molecule has 1 N–H and O–H groups in total. The standard InChI is InChI=1S/C14H11ClF2O2/c1-19-10-6-11(16)13(12(17)7-10)14(18)8-2-4-9(15)5-3-8/h2-7,14,18H,1H3. The molecule has 0 bridgehead atoms. The van der Waals surface area contributed by atoms with Crippen molar-refractivity contribution in [3.8, 4) is 5.75 Å². The minimum absolute atomic E-state index is 0.0575. The number of aliphatic hydroxyl groups excluding tert-OH is 1. The van der Waals surface area contributed by atoms with Gasteiger partial charge in [0, 0.05) is 17.2 Å². The van der Waals surface area contributed by atoms with E-state index < -0.39 is 23.3 Å². The average Bonchev–Trinajstić information content (AvgIpc) is 2.38. The third-order valence-electron chi connectivity index (χ3n) is 2.75. The average molecular weight is 285 g/mol. The van der Waals surface area contributed by atoms with Crippen molar-refractivity contribution < 1.29 is 18.6 Å². The summed E-state index contributed by atoms with van der Waals surface area (Å²) in [6.45, 7) is 0. The molecule has 2 aromatic rings. The second kappa shape index (κ2) is 5.55. The summed E-state index contributed by atoms with van der Waals surface area (Å²) in [4.78, 5) is 0. The molecule has 2 aromatic carbocycles. The molecule has 0 aromatic heterocycles. The first-order chi connectivity index (χ1) is 9.02. The van der Waals surface area contributed by atoms with Gasteiger partial charge >= 0.3 is 0 Å². The molecule has 0 saturated carbocycles. The van der Waals surface area contributed by atoms with Gasteiger partial charge in [-0.05, 0) is 17.7 Å². The fourth-order valence-electron chi connectivity index (χ4n) is 1.75. The monoisotopic (exact) mass is 284 g/mol. The zero-order chi connectivity index (χ0) is 14.0. The van der Waals surface area contributed by atoms with Crippen molar-refractivity contribution in [2.45, 2.75) is 6.10 Å². The zero-order valence-corrected chi connectivity index (χ0v) is 10.8. The maximum absolute atomic E-state index is 13.8. The van der Waals surface area contributed by atoms with E-state index in [4.69, 9.17) is 16.3 Å². The molecule has 0 aliphatic carbocycles. The van der Waals surface area contributed by atoms with Gasteiger partial charge in [-0.25, -0.2) is 8.78 Å². The molecule has 1 atom stereocenters. The number of aliphatic hydroxyl groups is 1. The van der Waals surface area contributed by atoms with E-state index in [-0.39, 0.29) is 5.75 Å². The van der Waals surface area contributed by atoms with Crippen LogP contribution < -0.4 is 4.74 Å². The van der Waals surface area contributed by atoms with Gasteiger partial charge in [0.05, 0.1) is 12.7 Å². The summed E-state index contributed by atoms with van der Waals surface area (Å²) in [7, 11) is 1.31. The molecule has 0 spiro atoms. The fraction of sp³-hybridized carbons (Fsp3) is 0.143. The van der Waals surface area contributed by atoms with Crippen LogP contribution in [0.2, 0.25) is 5.02 Å². The summed E-state index contributed by atoms with van der Waals surface area (Å²) in [5.74, 6) is -1.67. The first-order valence-electron chi connectivity index (χ1n) is 5.49. The van der Waals surface area contributed by atoms with Gasteiger partial charge in [0.15, 0.2) is 0 Å². The van der Waals surface area contributed by atoms with Crippen molar-refractivity contribution in [2.24, 2.45) is 0 Å². The molecule has 0 amide bonds. The van der Waals surface area contributed by atoms with E-state index in [0.29, 0.717) is 10.6 Å². The van der Waals surface area contributed by atoms with Gasteiger partial charge in [0.25, 0.3) is 0 Å². The maximum Gasteiger partial charge on any atom is 0.135 e. The topological polar surface area (TPSA) is 29.5 Å². The Morgan fingerprint density at radius 2 is 1.63 bits per heavy atom. The Hall–Kier alpha value is -1.65. The Kier molecular flexibility index (Phi) is 4.02. The van der Waals surface area contributed by atoms with Crippen LogP contribution >= 0.6 is 11.6 Å². The highest BCUT2D eigenvalue weighted by molar-refractivity contribution is 6.30. The highest BCUT2D eigenvalue weighted by Gasteiger charge is 2.21. The first kappa shape index (κ1) is 13.8. The van der Waals surface area contributed by atoms with Crippen molar-refractivity contribution in [2.75, 3.05) is 7.11 Å². The fourth-order valence-corrected chi connectivity index (χ4v) is 1.88. The molecule has 0 heterocycles. The van der Waals surface area contributed by atoms with E-state index >= 15 is 0 Å². The van der Waals surface area contributed by atoms with Gasteiger partial charge in [0.2, 0.25) is 0 Å². The van der Waals surface area contributed by atoms with Crippen molar-refractivity contribution in [3.63, 3.8) is 0 Å². The van der Waals surface area contributed by atoms with Crippen LogP contribution in [0.5, 0.6) is 5.75 Å². The van der Waals surface area contributed by atoms with Crippen LogP contribution in [-0.4, -0.2) is 12.2 Å². The van der Waals surface area contributed by atoms with Gasteiger partial charge < -0.3 is 9.84 Å². The molecule has 2 rings (SSSR count). The van der Waals surface area contributed by atoms with Crippen LogP contribution in [0.15, 0.2) is 36.4 Å². The lowest BCUT2D eigenvalue weighted by Crippen LogP contribution is -2.06. The molecule has 0 fully saturated rings. The predicted octanol–water partition coefficient (Wildman–Crippen LogP) is 3.71. The molecule has 1 unspecified atom stereocenters. The normalized spacial score (nSPS) is 12.3. The van der Waals surface area contributed by atoms with Gasteiger partial charge in [-0.1, -0.05) is 23.7 Å². The second-order valence-corrected chi connectivity index (χ2v) is 4.40. The SMILES string of the molecule is COc1cc(F)c(C(O)c2ccc(Cl)cc2)c(F)c1. The summed E-state index contributed by atoms with van der Waals surface area (Å²) in [6.07, 6.45) is -1.40. The number of benzene rings is 2. The number of hydrogen-bond acceptors (Lipinski definition) is 2.